The number of nitrogens with one attached hydrogen (secondary N) is 1. The van der Waals surface area contributed by atoms with Crippen molar-refractivity contribution in [2.75, 3.05) is 0 Å². The third-order valence-electron chi connectivity index (χ3n) is 3.92. The molecule has 0 aliphatic rings. The average Bonchev–Trinajstić information content (AvgIpc) is 3.19. The van der Waals surface area contributed by atoms with Crippen molar-refractivity contribution in [1.29, 1.82) is 0 Å². The molecule has 8 heteroatoms. The van der Waals surface area contributed by atoms with E-state index in [1.807, 2.05) is 0 Å². The Morgan fingerprint density at radius 2 is 1.85 bits per heavy atom. The van der Waals surface area contributed by atoms with Gasteiger partial charge in [-0.3, -0.25) is 9.89 Å². The van der Waals surface area contributed by atoms with Crippen LogP contribution < -0.4 is 5.56 Å². The van der Waals surface area contributed by atoms with E-state index < -0.39 is 11.1 Å². The highest BCUT2D eigenvalue weighted by atomic mass is 32.1. The highest BCUT2D eigenvalue weighted by molar-refractivity contribution is 7.16. The van der Waals surface area contributed by atoms with Gasteiger partial charge in [-0.15, -0.1) is 11.3 Å². The van der Waals surface area contributed by atoms with Gasteiger partial charge in [0.2, 0.25) is 0 Å². The molecule has 3 aromatic heterocycles. The van der Waals surface area contributed by atoms with Crippen LogP contribution >= 0.6 is 11.3 Å². The predicted molar refractivity (Wildman–Crippen MR) is 94.3 cm³/mol. The predicted octanol–water partition coefficient (Wildman–Crippen LogP) is 4.75. The van der Waals surface area contributed by atoms with Gasteiger partial charge in [0.05, 0.1) is 10.6 Å². The highest BCUT2D eigenvalue weighted by Crippen LogP contribution is 2.45. The van der Waals surface area contributed by atoms with Crippen molar-refractivity contribution in [2.24, 2.45) is 0 Å². The van der Waals surface area contributed by atoms with Crippen molar-refractivity contribution >= 4 is 17.0 Å². The molecule has 0 radical (unpaired) electrons. The first-order chi connectivity index (χ1) is 12.3. The Morgan fingerprint density at radius 3 is 2.54 bits per heavy atom. The molecule has 0 aliphatic carbocycles. The zero-order valence-electron chi connectivity index (χ0n) is 13.5. The molecule has 0 unspecified atom stereocenters. The third kappa shape index (κ3) is 2.82. The number of fused-ring (bicyclic) bond motifs is 1. The van der Waals surface area contributed by atoms with Crippen molar-refractivity contribution < 1.29 is 13.2 Å². The number of alkyl halides is 3. The molecule has 4 nitrogen and oxygen atoms in total. The van der Waals surface area contributed by atoms with Crippen molar-refractivity contribution in [1.82, 2.24) is 14.6 Å². The molecular formula is C18H12F3N3OS. The first-order valence-corrected chi connectivity index (χ1v) is 8.51. The molecule has 0 aliphatic heterocycles. The molecule has 26 heavy (non-hydrogen) atoms. The van der Waals surface area contributed by atoms with Crippen LogP contribution in [0.15, 0.2) is 53.3 Å². The lowest BCUT2D eigenvalue weighted by atomic mass is 10.1. The molecule has 1 aromatic carbocycles. The standard InChI is InChI=1S/C18H12F3N3OS/c1-10-7-16(25)24-15(22-10)9-13(23-24)14-8-12(11-5-3-2-4-6-11)17(26-14)18(19,20)21/h2-9,23H,1H3. The van der Waals surface area contributed by atoms with Crippen LogP contribution in [0.1, 0.15) is 10.6 Å². The van der Waals surface area contributed by atoms with Crippen LogP contribution in [-0.4, -0.2) is 14.6 Å². The van der Waals surface area contributed by atoms with Gasteiger partial charge in [-0.2, -0.15) is 13.2 Å². The SMILES string of the molecule is Cc1cc(=O)n2[nH]c(-c3cc(-c4ccccc4)c(C(F)(F)F)s3)cc2n1. The molecule has 4 aromatic rings. The fourth-order valence-corrected chi connectivity index (χ4v) is 3.82. The van der Waals surface area contributed by atoms with E-state index in [9.17, 15) is 18.0 Å². The number of aryl methyl sites for hydroxylation is 1. The topological polar surface area (TPSA) is 50.2 Å². The van der Waals surface area contributed by atoms with Crippen LogP contribution in [0.5, 0.6) is 0 Å². The molecule has 0 atom stereocenters. The summed E-state index contributed by atoms with van der Waals surface area (Å²) in [5.74, 6) is 0. The molecule has 0 spiro atoms. The number of nitrogens with zero attached hydrogens (tertiary/aromatic N) is 2. The summed E-state index contributed by atoms with van der Waals surface area (Å²) in [5.41, 5.74) is 1.63. The van der Waals surface area contributed by atoms with Crippen molar-refractivity contribution in [3.05, 3.63) is 69.5 Å². The van der Waals surface area contributed by atoms with Crippen molar-refractivity contribution in [3.63, 3.8) is 0 Å². The second-order valence-electron chi connectivity index (χ2n) is 5.82. The lowest BCUT2D eigenvalue weighted by Gasteiger charge is -2.07. The number of aromatic amines is 1. The molecule has 0 bridgehead atoms. The number of rotatable bonds is 2. The molecule has 3 heterocycles. The summed E-state index contributed by atoms with van der Waals surface area (Å²) in [6, 6.07) is 12.9. The molecular weight excluding hydrogens is 363 g/mol. The lowest BCUT2D eigenvalue weighted by Crippen LogP contribution is -2.14. The summed E-state index contributed by atoms with van der Waals surface area (Å²) >= 11 is 0.640. The van der Waals surface area contributed by atoms with Crippen molar-refractivity contribution in [2.45, 2.75) is 13.1 Å². The van der Waals surface area contributed by atoms with E-state index in [1.165, 1.54) is 16.6 Å². The summed E-state index contributed by atoms with van der Waals surface area (Å²) in [6.45, 7) is 1.69. The van der Waals surface area contributed by atoms with Crippen LogP contribution in [0, 0.1) is 6.92 Å². The van der Waals surface area contributed by atoms with Gasteiger partial charge in [-0.05, 0) is 18.6 Å². The third-order valence-corrected chi connectivity index (χ3v) is 5.13. The fraction of sp³-hybridized carbons (Fsp3) is 0.111. The first kappa shape index (κ1) is 16.6. The van der Waals surface area contributed by atoms with Gasteiger partial charge in [0.1, 0.15) is 4.88 Å². The highest BCUT2D eigenvalue weighted by Gasteiger charge is 2.36. The van der Waals surface area contributed by atoms with Gasteiger partial charge < -0.3 is 0 Å². The minimum absolute atomic E-state index is 0.119. The number of aromatic nitrogens is 3. The maximum atomic E-state index is 13.5. The van der Waals surface area contributed by atoms with Crippen LogP contribution in [-0.2, 0) is 6.18 Å². The van der Waals surface area contributed by atoms with Gasteiger partial charge in [-0.1, -0.05) is 30.3 Å². The Bertz CT molecular complexity index is 1160. The maximum Gasteiger partial charge on any atom is 0.426 e. The zero-order valence-corrected chi connectivity index (χ0v) is 14.3. The van der Waals surface area contributed by atoms with Crippen LogP contribution in [0.4, 0.5) is 13.2 Å². The summed E-state index contributed by atoms with van der Waals surface area (Å²) in [4.78, 5) is 16.0. The Hall–Kier alpha value is -2.87. The van der Waals surface area contributed by atoms with E-state index in [4.69, 9.17) is 0 Å². The zero-order chi connectivity index (χ0) is 18.5. The van der Waals surface area contributed by atoms with Gasteiger partial charge in [0, 0.05) is 23.4 Å². The number of hydrogen-bond donors (Lipinski definition) is 1. The number of hydrogen-bond acceptors (Lipinski definition) is 3. The Labute approximate surface area is 149 Å². The van der Waals surface area contributed by atoms with E-state index in [-0.39, 0.29) is 11.1 Å². The normalized spacial score (nSPS) is 12.0. The maximum absolute atomic E-state index is 13.5. The number of H-pyrrole nitrogens is 1. The molecule has 0 saturated heterocycles. The Balaban J connectivity index is 1.92. The van der Waals surface area contributed by atoms with Crippen LogP contribution in [0.3, 0.4) is 0 Å². The van der Waals surface area contributed by atoms with Gasteiger partial charge in [0.25, 0.3) is 5.56 Å². The largest absolute Gasteiger partial charge is 0.426 e. The van der Waals surface area contributed by atoms with Gasteiger partial charge >= 0.3 is 6.18 Å². The van der Waals surface area contributed by atoms with Gasteiger partial charge in [-0.25, -0.2) is 9.50 Å². The number of benzene rings is 1. The quantitative estimate of drug-likeness (QED) is 0.550. The van der Waals surface area contributed by atoms with E-state index in [0.717, 1.165) is 0 Å². The molecule has 0 saturated carbocycles. The molecule has 0 fully saturated rings. The van der Waals surface area contributed by atoms with E-state index in [1.54, 1.807) is 43.3 Å². The summed E-state index contributed by atoms with van der Waals surface area (Å²) in [7, 11) is 0. The minimum atomic E-state index is -4.47. The number of halogens is 3. The van der Waals surface area contributed by atoms with Gasteiger partial charge in [0.15, 0.2) is 5.65 Å². The monoisotopic (exact) mass is 375 g/mol. The fourth-order valence-electron chi connectivity index (χ4n) is 2.80. The van der Waals surface area contributed by atoms with Crippen LogP contribution in [0.25, 0.3) is 27.3 Å². The lowest BCUT2D eigenvalue weighted by molar-refractivity contribution is -0.133. The van der Waals surface area contributed by atoms with Crippen molar-refractivity contribution in [3.8, 4) is 21.7 Å². The van der Waals surface area contributed by atoms with E-state index in [2.05, 4.69) is 10.1 Å². The summed E-state index contributed by atoms with van der Waals surface area (Å²) in [5, 5.41) is 2.84. The summed E-state index contributed by atoms with van der Waals surface area (Å²) < 4.78 is 41.8. The van der Waals surface area contributed by atoms with E-state index in [0.29, 0.717) is 38.8 Å². The average molecular weight is 375 g/mol. The second-order valence-corrected chi connectivity index (χ2v) is 6.87. The van der Waals surface area contributed by atoms with Crippen LogP contribution in [0.2, 0.25) is 0 Å². The molecule has 0 amide bonds. The second kappa shape index (κ2) is 5.84. The first-order valence-electron chi connectivity index (χ1n) is 7.69. The number of thiophene rings is 1. The van der Waals surface area contributed by atoms with E-state index >= 15 is 0 Å². The summed E-state index contributed by atoms with van der Waals surface area (Å²) in [6.07, 6.45) is -4.47. The Morgan fingerprint density at radius 1 is 1.12 bits per heavy atom. The smallest absolute Gasteiger partial charge is 0.288 e. The molecule has 1 N–H and O–H groups in total. The minimum Gasteiger partial charge on any atom is -0.288 e. The molecule has 4 rings (SSSR count). The molecule has 132 valence electrons. The Kier molecular flexibility index (Phi) is 3.73.